The third-order valence-corrected chi connectivity index (χ3v) is 5.18. The van der Waals surface area contributed by atoms with Gasteiger partial charge in [0.15, 0.2) is 11.3 Å². The molecule has 1 saturated carbocycles. The molecule has 5 heteroatoms. The minimum atomic E-state index is -0.432. The number of nitrogens with one attached hydrogen (secondary N) is 1. The van der Waals surface area contributed by atoms with Crippen LogP contribution in [0.4, 0.5) is 0 Å². The van der Waals surface area contributed by atoms with Crippen LogP contribution in [0, 0.1) is 5.92 Å². The van der Waals surface area contributed by atoms with Crippen LogP contribution in [-0.2, 0) is 4.79 Å². The van der Waals surface area contributed by atoms with Gasteiger partial charge in [-0.2, -0.15) is 0 Å². The molecule has 136 valence electrons. The number of rotatable bonds is 5. The van der Waals surface area contributed by atoms with Crippen molar-refractivity contribution < 1.29 is 13.9 Å². The van der Waals surface area contributed by atoms with Crippen molar-refractivity contribution in [1.82, 2.24) is 5.32 Å². The normalized spacial score (nSPS) is 24.9. The van der Waals surface area contributed by atoms with E-state index < -0.39 is 5.54 Å². The molecule has 1 aliphatic rings. The van der Waals surface area contributed by atoms with Gasteiger partial charge < -0.3 is 20.2 Å². The van der Waals surface area contributed by atoms with Crippen molar-refractivity contribution in [3.8, 4) is 5.75 Å². The molecule has 0 radical (unpaired) electrons. The van der Waals surface area contributed by atoms with Gasteiger partial charge in [0.25, 0.3) is 0 Å². The van der Waals surface area contributed by atoms with Crippen molar-refractivity contribution in [2.24, 2.45) is 11.7 Å². The number of nitrogens with two attached hydrogens (primary N) is 1. The van der Waals surface area contributed by atoms with Crippen LogP contribution in [0.25, 0.3) is 11.0 Å². The third-order valence-electron chi connectivity index (χ3n) is 5.18. The van der Waals surface area contributed by atoms with E-state index in [2.05, 4.69) is 5.32 Å². The van der Waals surface area contributed by atoms with Crippen LogP contribution in [0.5, 0.6) is 5.75 Å². The SMILES string of the molecule is CCOc1cccc2cc(C(C)NC(=O)C3CCCCC3(C)N)oc12. The maximum Gasteiger partial charge on any atom is 0.225 e. The van der Waals surface area contributed by atoms with Crippen molar-refractivity contribution in [1.29, 1.82) is 0 Å². The molecule has 0 aliphatic heterocycles. The topological polar surface area (TPSA) is 77.5 Å². The molecule has 0 saturated heterocycles. The predicted molar refractivity (Wildman–Crippen MR) is 98.5 cm³/mol. The summed E-state index contributed by atoms with van der Waals surface area (Å²) in [5.74, 6) is 1.33. The molecule has 1 heterocycles. The number of hydrogen-bond donors (Lipinski definition) is 2. The van der Waals surface area contributed by atoms with Gasteiger partial charge >= 0.3 is 0 Å². The highest BCUT2D eigenvalue weighted by Gasteiger charge is 2.38. The predicted octanol–water partition coefficient (Wildman–Crippen LogP) is 3.92. The van der Waals surface area contributed by atoms with Crippen molar-refractivity contribution in [3.63, 3.8) is 0 Å². The van der Waals surface area contributed by atoms with E-state index in [4.69, 9.17) is 14.9 Å². The van der Waals surface area contributed by atoms with Crippen molar-refractivity contribution in [2.75, 3.05) is 6.61 Å². The highest BCUT2D eigenvalue weighted by Crippen LogP contribution is 2.34. The first kappa shape index (κ1) is 17.8. The summed E-state index contributed by atoms with van der Waals surface area (Å²) >= 11 is 0. The number of benzene rings is 1. The standard InChI is InChI=1S/C20H28N2O3/c1-4-24-16-10-7-8-14-12-17(25-18(14)16)13(2)22-19(23)15-9-5-6-11-20(15,3)21/h7-8,10,12-13,15H,4-6,9,11,21H2,1-3H3,(H,22,23). The fraction of sp³-hybridized carbons (Fsp3) is 0.550. The average molecular weight is 344 g/mol. The van der Waals surface area contributed by atoms with E-state index >= 15 is 0 Å². The minimum Gasteiger partial charge on any atom is -0.490 e. The van der Waals surface area contributed by atoms with E-state index in [0.29, 0.717) is 6.61 Å². The maximum absolute atomic E-state index is 12.7. The lowest BCUT2D eigenvalue weighted by Gasteiger charge is -2.37. The molecule has 1 aromatic carbocycles. The highest BCUT2D eigenvalue weighted by molar-refractivity contribution is 5.84. The Labute approximate surface area is 148 Å². The molecule has 5 nitrogen and oxygen atoms in total. The number of fused-ring (bicyclic) bond motifs is 1. The van der Waals surface area contributed by atoms with E-state index in [0.717, 1.165) is 48.2 Å². The van der Waals surface area contributed by atoms with Gasteiger partial charge in [0.1, 0.15) is 5.76 Å². The van der Waals surface area contributed by atoms with Crippen molar-refractivity contribution >= 4 is 16.9 Å². The van der Waals surface area contributed by atoms with E-state index in [1.165, 1.54) is 0 Å². The van der Waals surface area contributed by atoms with Gasteiger partial charge in [-0.15, -0.1) is 0 Å². The van der Waals surface area contributed by atoms with Crippen molar-refractivity contribution in [2.45, 2.75) is 58.0 Å². The Morgan fingerprint density at radius 2 is 2.28 bits per heavy atom. The molecule has 3 N–H and O–H groups in total. The summed E-state index contributed by atoms with van der Waals surface area (Å²) in [6.45, 7) is 6.45. The van der Waals surface area contributed by atoms with Crippen LogP contribution in [0.3, 0.4) is 0 Å². The first-order valence-electron chi connectivity index (χ1n) is 9.17. The summed E-state index contributed by atoms with van der Waals surface area (Å²) in [6, 6.07) is 7.57. The Morgan fingerprint density at radius 3 is 3.00 bits per heavy atom. The van der Waals surface area contributed by atoms with E-state index in [1.54, 1.807) is 0 Å². The highest BCUT2D eigenvalue weighted by atomic mass is 16.5. The zero-order valence-corrected chi connectivity index (χ0v) is 15.3. The molecule has 3 rings (SSSR count). The summed E-state index contributed by atoms with van der Waals surface area (Å²) in [5, 5.41) is 4.06. The number of carbonyl (C=O) groups excluding carboxylic acids is 1. The number of ether oxygens (including phenoxy) is 1. The maximum atomic E-state index is 12.7. The first-order valence-corrected chi connectivity index (χ1v) is 9.17. The summed E-state index contributed by atoms with van der Waals surface area (Å²) in [7, 11) is 0. The molecule has 0 spiro atoms. The van der Waals surface area contributed by atoms with Gasteiger partial charge in [-0.3, -0.25) is 4.79 Å². The lowest BCUT2D eigenvalue weighted by molar-refractivity contribution is -0.128. The number of hydrogen-bond acceptors (Lipinski definition) is 4. The quantitative estimate of drug-likeness (QED) is 0.862. The van der Waals surface area contributed by atoms with Gasteiger partial charge in [0.2, 0.25) is 5.91 Å². The van der Waals surface area contributed by atoms with E-state index in [9.17, 15) is 4.79 Å². The lowest BCUT2D eigenvalue weighted by Crippen LogP contribution is -2.53. The van der Waals surface area contributed by atoms with Crippen LogP contribution in [0.15, 0.2) is 28.7 Å². The molecule has 2 aromatic rings. The van der Waals surface area contributed by atoms with Crippen LogP contribution in [-0.4, -0.2) is 18.1 Å². The minimum absolute atomic E-state index is 0.0164. The molecule has 3 atom stereocenters. The van der Waals surface area contributed by atoms with Gasteiger partial charge in [0, 0.05) is 10.9 Å². The van der Waals surface area contributed by atoms with Gasteiger partial charge in [-0.1, -0.05) is 25.0 Å². The first-order chi connectivity index (χ1) is 11.9. The number of furan rings is 1. The molecule has 1 fully saturated rings. The van der Waals surface area contributed by atoms with Gasteiger partial charge in [-0.25, -0.2) is 0 Å². The molecule has 1 aromatic heterocycles. The fourth-order valence-corrected chi connectivity index (χ4v) is 3.71. The van der Waals surface area contributed by atoms with Crippen molar-refractivity contribution in [3.05, 3.63) is 30.0 Å². The van der Waals surface area contributed by atoms with E-state index in [-0.39, 0.29) is 17.9 Å². The van der Waals surface area contributed by atoms with Crippen LogP contribution in [0.1, 0.15) is 58.3 Å². The lowest BCUT2D eigenvalue weighted by atomic mass is 9.74. The third kappa shape index (κ3) is 3.66. The second-order valence-electron chi connectivity index (χ2n) is 7.29. The summed E-state index contributed by atoms with van der Waals surface area (Å²) in [6.07, 6.45) is 3.89. The molecule has 1 aliphatic carbocycles. The molecule has 25 heavy (non-hydrogen) atoms. The zero-order chi connectivity index (χ0) is 18.0. The van der Waals surface area contributed by atoms with E-state index in [1.807, 2.05) is 45.0 Å². The molecular weight excluding hydrogens is 316 g/mol. The second kappa shape index (κ2) is 7.08. The molecule has 0 bridgehead atoms. The van der Waals surface area contributed by atoms with Gasteiger partial charge in [-0.05, 0) is 45.7 Å². The largest absolute Gasteiger partial charge is 0.490 e. The Balaban J connectivity index is 1.77. The Morgan fingerprint density at radius 1 is 1.48 bits per heavy atom. The Bertz CT molecular complexity index is 750. The Hall–Kier alpha value is -2.01. The van der Waals surface area contributed by atoms with Crippen LogP contribution >= 0.6 is 0 Å². The second-order valence-corrected chi connectivity index (χ2v) is 7.29. The monoisotopic (exact) mass is 344 g/mol. The number of amides is 1. The number of para-hydroxylation sites is 1. The van der Waals surface area contributed by atoms with Crippen LogP contribution < -0.4 is 15.8 Å². The summed E-state index contributed by atoms with van der Waals surface area (Å²) < 4.78 is 11.6. The number of carbonyl (C=O) groups is 1. The smallest absolute Gasteiger partial charge is 0.225 e. The summed E-state index contributed by atoms with van der Waals surface area (Å²) in [5.41, 5.74) is 6.64. The zero-order valence-electron chi connectivity index (χ0n) is 15.3. The van der Waals surface area contributed by atoms with Crippen LogP contribution in [0.2, 0.25) is 0 Å². The summed E-state index contributed by atoms with van der Waals surface area (Å²) in [4.78, 5) is 12.7. The molecule has 3 unspecified atom stereocenters. The molecule has 1 amide bonds. The van der Waals surface area contributed by atoms with Gasteiger partial charge in [0.05, 0.1) is 18.6 Å². The Kier molecular flexibility index (Phi) is 5.04. The fourth-order valence-electron chi connectivity index (χ4n) is 3.71. The molecular formula is C20H28N2O3. The average Bonchev–Trinajstić information content (AvgIpc) is 3.00.